The number of aromatic nitrogens is 1. The highest BCUT2D eigenvalue weighted by molar-refractivity contribution is 5.77. The van der Waals surface area contributed by atoms with Gasteiger partial charge in [-0.2, -0.15) is 0 Å². The second kappa shape index (κ2) is 7.25. The van der Waals surface area contributed by atoms with Crippen LogP contribution >= 0.6 is 0 Å². The van der Waals surface area contributed by atoms with Crippen LogP contribution in [0, 0.1) is 5.41 Å². The normalized spacial score (nSPS) is 24.0. The van der Waals surface area contributed by atoms with E-state index in [1.165, 1.54) is 0 Å². The summed E-state index contributed by atoms with van der Waals surface area (Å²) in [5.41, 5.74) is 0.830. The number of likely N-dealkylation sites (tertiary alicyclic amines) is 2. The first-order valence-corrected chi connectivity index (χ1v) is 9.50. The lowest BCUT2D eigenvalue weighted by molar-refractivity contribution is -0.139. The summed E-state index contributed by atoms with van der Waals surface area (Å²) in [4.78, 5) is 33.1. The van der Waals surface area contributed by atoms with Gasteiger partial charge in [0.2, 0.25) is 5.91 Å². The molecule has 1 aromatic rings. The molecule has 1 atom stereocenters. The van der Waals surface area contributed by atoms with Crippen LogP contribution in [0.15, 0.2) is 24.5 Å². The molecule has 6 heteroatoms. The van der Waals surface area contributed by atoms with Crippen LogP contribution in [0.4, 0.5) is 4.79 Å². The third-order valence-corrected chi connectivity index (χ3v) is 5.27. The number of carbonyl (C=O) groups is 2. The monoisotopic (exact) mass is 358 g/mol. The fourth-order valence-corrected chi connectivity index (χ4v) is 4.07. The number of urea groups is 1. The molecule has 26 heavy (non-hydrogen) atoms. The van der Waals surface area contributed by atoms with E-state index < -0.39 is 0 Å². The van der Waals surface area contributed by atoms with Gasteiger partial charge in [-0.1, -0.05) is 6.07 Å². The molecule has 3 rings (SSSR count). The second-order valence-electron chi connectivity index (χ2n) is 8.82. The third-order valence-electron chi connectivity index (χ3n) is 5.27. The summed E-state index contributed by atoms with van der Waals surface area (Å²) in [7, 11) is 0. The maximum atomic E-state index is 12.6. The van der Waals surface area contributed by atoms with E-state index in [9.17, 15) is 9.59 Å². The number of carbonyl (C=O) groups excluding carboxylic acids is 2. The number of rotatable bonds is 2. The summed E-state index contributed by atoms with van der Waals surface area (Å²) in [5.74, 6) is 0.204. The van der Waals surface area contributed by atoms with E-state index in [0.29, 0.717) is 13.0 Å². The highest BCUT2D eigenvalue weighted by atomic mass is 16.2. The van der Waals surface area contributed by atoms with Gasteiger partial charge in [0.1, 0.15) is 0 Å². The van der Waals surface area contributed by atoms with Gasteiger partial charge in [0, 0.05) is 55.9 Å². The lowest BCUT2D eigenvalue weighted by Gasteiger charge is -2.48. The molecule has 0 aliphatic carbocycles. The first kappa shape index (κ1) is 18.7. The van der Waals surface area contributed by atoms with E-state index in [1.807, 2.05) is 48.9 Å². The van der Waals surface area contributed by atoms with Gasteiger partial charge in [-0.3, -0.25) is 9.78 Å². The first-order valence-electron chi connectivity index (χ1n) is 9.50. The van der Waals surface area contributed by atoms with Gasteiger partial charge in [-0.25, -0.2) is 4.79 Å². The Balaban J connectivity index is 1.68. The molecule has 1 aromatic heterocycles. The molecule has 0 unspecified atom stereocenters. The van der Waals surface area contributed by atoms with E-state index in [-0.39, 0.29) is 22.9 Å². The van der Waals surface area contributed by atoms with E-state index in [4.69, 9.17) is 0 Å². The third kappa shape index (κ3) is 4.54. The average molecular weight is 358 g/mol. The molecule has 1 spiro atoms. The van der Waals surface area contributed by atoms with Gasteiger partial charge >= 0.3 is 6.03 Å². The van der Waals surface area contributed by atoms with Crippen LogP contribution < -0.4 is 5.32 Å². The predicted molar refractivity (Wildman–Crippen MR) is 100 cm³/mol. The van der Waals surface area contributed by atoms with Crippen molar-refractivity contribution in [3.05, 3.63) is 30.1 Å². The average Bonchev–Trinajstić information content (AvgIpc) is 2.58. The molecule has 3 amide bonds. The summed E-state index contributed by atoms with van der Waals surface area (Å²) < 4.78 is 0. The Kier molecular flexibility index (Phi) is 5.21. The van der Waals surface area contributed by atoms with Crippen molar-refractivity contribution in [2.45, 2.75) is 58.5 Å². The van der Waals surface area contributed by atoms with Crippen LogP contribution in [0.25, 0.3) is 0 Å². The highest BCUT2D eigenvalue weighted by Crippen LogP contribution is 2.39. The molecule has 0 bridgehead atoms. The van der Waals surface area contributed by atoms with Crippen LogP contribution in [0.5, 0.6) is 0 Å². The van der Waals surface area contributed by atoms with Gasteiger partial charge < -0.3 is 15.1 Å². The molecule has 2 aliphatic rings. The van der Waals surface area contributed by atoms with Crippen molar-refractivity contribution in [1.82, 2.24) is 20.1 Å². The van der Waals surface area contributed by atoms with E-state index in [0.717, 1.165) is 44.5 Å². The van der Waals surface area contributed by atoms with Crippen molar-refractivity contribution in [2.24, 2.45) is 5.41 Å². The summed E-state index contributed by atoms with van der Waals surface area (Å²) >= 11 is 0. The fourth-order valence-electron chi connectivity index (χ4n) is 4.07. The summed E-state index contributed by atoms with van der Waals surface area (Å²) in [6.45, 7) is 8.84. The summed E-state index contributed by atoms with van der Waals surface area (Å²) in [6.07, 6.45) is 7.06. The molecule has 142 valence electrons. The minimum absolute atomic E-state index is 0.00674. The van der Waals surface area contributed by atoms with Crippen molar-refractivity contribution in [2.75, 3.05) is 19.6 Å². The zero-order valence-corrected chi connectivity index (χ0v) is 16.1. The SMILES string of the molecule is CC(C)(C)NC(=O)N1CCC[C@@]2(CCC(=O)N(Cc3cccnc3)C2)C1. The molecule has 0 aromatic carbocycles. The standard InChI is InChI=1S/C20H30N4O2/c1-19(2,3)22-18(26)23-11-5-8-20(14-23)9-7-17(25)24(15-20)13-16-6-4-10-21-12-16/h4,6,10,12H,5,7-9,11,13-15H2,1-3H3,(H,22,26)/t20-/m1/s1. The Hall–Kier alpha value is -2.11. The van der Waals surface area contributed by atoms with Crippen LogP contribution in [-0.2, 0) is 11.3 Å². The molecule has 6 nitrogen and oxygen atoms in total. The fraction of sp³-hybridized carbons (Fsp3) is 0.650. The number of hydrogen-bond acceptors (Lipinski definition) is 3. The van der Waals surface area contributed by atoms with Crippen LogP contribution in [0.1, 0.15) is 52.0 Å². The topological polar surface area (TPSA) is 65.5 Å². The smallest absolute Gasteiger partial charge is 0.317 e. The van der Waals surface area contributed by atoms with E-state index in [1.54, 1.807) is 6.20 Å². The van der Waals surface area contributed by atoms with Gasteiger partial charge in [-0.15, -0.1) is 0 Å². The minimum Gasteiger partial charge on any atom is -0.338 e. The zero-order chi connectivity index (χ0) is 18.8. The van der Waals surface area contributed by atoms with Crippen molar-refractivity contribution in [3.63, 3.8) is 0 Å². The lowest BCUT2D eigenvalue weighted by atomic mass is 9.73. The number of pyridine rings is 1. The molecule has 2 aliphatic heterocycles. The van der Waals surface area contributed by atoms with E-state index in [2.05, 4.69) is 10.3 Å². The van der Waals surface area contributed by atoms with E-state index >= 15 is 0 Å². The van der Waals surface area contributed by atoms with Gasteiger partial charge in [0.05, 0.1) is 0 Å². The number of piperidine rings is 2. The van der Waals surface area contributed by atoms with Crippen molar-refractivity contribution in [1.29, 1.82) is 0 Å². The maximum absolute atomic E-state index is 12.6. The Morgan fingerprint density at radius 2 is 2.12 bits per heavy atom. The van der Waals surface area contributed by atoms with Crippen LogP contribution in [0.3, 0.4) is 0 Å². The van der Waals surface area contributed by atoms with Crippen LogP contribution in [0.2, 0.25) is 0 Å². The van der Waals surface area contributed by atoms with Crippen LogP contribution in [-0.4, -0.2) is 51.9 Å². The number of nitrogens with one attached hydrogen (secondary N) is 1. The Morgan fingerprint density at radius 3 is 2.81 bits per heavy atom. The quantitative estimate of drug-likeness (QED) is 0.884. The Bertz CT molecular complexity index is 656. The highest BCUT2D eigenvalue weighted by Gasteiger charge is 2.43. The lowest BCUT2D eigenvalue weighted by Crippen LogP contribution is -2.58. The molecule has 3 heterocycles. The molecule has 1 N–H and O–H groups in total. The summed E-state index contributed by atoms with van der Waals surface area (Å²) in [6, 6.07) is 3.91. The molecule has 0 saturated carbocycles. The second-order valence-corrected chi connectivity index (χ2v) is 8.82. The maximum Gasteiger partial charge on any atom is 0.317 e. The summed E-state index contributed by atoms with van der Waals surface area (Å²) in [5, 5.41) is 3.07. The van der Waals surface area contributed by atoms with Gasteiger partial charge in [-0.05, 0) is 51.7 Å². The minimum atomic E-state index is -0.240. The predicted octanol–water partition coefficient (Wildman–Crippen LogP) is 2.79. The number of nitrogens with zero attached hydrogens (tertiary/aromatic N) is 3. The molecule has 0 radical (unpaired) electrons. The van der Waals surface area contributed by atoms with Gasteiger partial charge in [0.25, 0.3) is 0 Å². The first-order chi connectivity index (χ1) is 12.3. The molecular weight excluding hydrogens is 328 g/mol. The Labute approximate surface area is 156 Å². The van der Waals surface area contributed by atoms with Crippen molar-refractivity contribution in [3.8, 4) is 0 Å². The molecule has 2 saturated heterocycles. The number of amides is 3. The molecule has 2 fully saturated rings. The largest absolute Gasteiger partial charge is 0.338 e. The Morgan fingerprint density at radius 1 is 1.31 bits per heavy atom. The van der Waals surface area contributed by atoms with Crippen molar-refractivity contribution >= 4 is 11.9 Å². The number of hydrogen-bond donors (Lipinski definition) is 1. The van der Waals surface area contributed by atoms with Gasteiger partial charge in [0.15, 0.2) is 0 Å². The zero-order valence-electron chi connectivity index (χ0n) is 16.1. The van der Waals surface area contributed by atoms with Crippen molar-refractivity contribution < 1.29 is 9.59 Å². The molecular formula is C20H30N4O2.